The van der Waals surface area contributed by atoms with E-state index < -0.39 is 23.6 Å². The van der Waals surface area contributed by atoms with Crippen LogP contribution in [0.3, 0.4) is 0 Å². The summed E-state index contributed by atoms with van der Waals surface area (Å²) in [6.07, 6.45) is -1.73. The van der Waals surface area contributed by atoms with Crippen LogP contribution in [0.25, 0.3) is 11.0 Å². The Kier molecular flexibility index (Phi) is 5.81. The zero-order valence-corrected chi connectivity index (χ0v) is 17.5. The number of halogens is 5. The molecule has 4 rings (SSSR count). The molecule has 0 aliphatic carbocycles. The Morgan fingerprint density at radius 2 is 1.88 bits per heavy atom. The molecule has 0 unspecified atom stereocenters. The topological polar surface area (TPSA) is 81.1 Å². The minimum Gasteiger partial charge on any atom is -0.437 e. The first-order valence-electron chi connectivity index (χ1n) is 9.30. The van der Waals surface area contributed by atoms with Gasteiger partial charge in [0.05, 0.1) is 21.8 Å². The highest BCUT2D eigenvalue weighted by Crippen LogP contribution is 2.34. The Morgan fingerprint density at radius 3 is 2.61 bits per heavy atom. The van der Waals surface area contributed by atoms with Crippen LogP contribution in [-0.4, -0.2) is 20.6 Å². The first-order valence-corrected chi connectivity index (χ1v) is 9.68. The lowest BCUT2D eigenvalue weighted by Crippen LogP contribution is -2.20. The molecule has 2 aromatic heterocycles. The number of benzene rings is 2. The van der Waals surface area contributed by atoms with Gasteiger partial charge in [-0.2, -0.15) is 18.2 Å². The number of hydrogen-bond acceptors (Lipinski definition) is 4. The van der Waals surface area contributed by atoms with Crippen molar-refractivity contribution in [1.82, 2.24) is 14.5 Å². The molecule has 7 nitrogen and oxygen atoms in total. The van der Waals surface area contributed by atoms with Crippen LogP contribution in [0.15, 0.2) is 55.0 Å². The number of urea groups is 1. The highest BCUT2D eigenvalue weighted by molar-refractivity contribution is 6.34. The Hall–Kier alpha value is -3.86. The van der Waals surface area contributed by atoms with Gasteiger partial charge in [0.1, 0.15) is 23.4 Å². The second-order valence-electron chi connectivity index (χ2n) is 6.85. The van der Waals surface area contributed by atoms with Gasteiger partial charge in [-0.05, 0) is 36.4 Å². The number of nitrogens with one attached hydrogen (secondary N) is 2. The molecule has 0 spiro atoms. The van der Waals surface area contributed by atoms with Crippen molar-refractivity contribution < 1.29 is 27.1 Å². The third kappa shape index (κ3) is 4.82. The average molecular weight is 480 g/mol. The van der Waals surface area contributed by atoms with Gasteiger partial charge < -0.3 is 19.9 Å². The van der Waals surface area contributed by atoms with Gasteiger partial charge in [0.25, 0.3) is 0 Å². The van der Waals surface area contributed by atoms with E-state index >= 15 is 0 Å². The fourth-order valence-corrected chi connectivity index (χ4v) is 3.26. The molecule has 2 N–H and O–H groups in total. The summed E-state index contributed by atoms with van der Waals surface area (Å²) in [5, 5.41) is 4.73. The summed E-state index contributed by atoms with van der Waals surface area (Å²) in [4.78, 5) is 20.5. The third-order valence-electron chi connectivity index (χ3n) is 4.56. The van der Waals surface area contributed by atoms with E-state index in [0.717, 1.165) is 6.07 Å². The van der Waals surface area contributed by atoms with Gasteiger partial charge in [-0.3, -0.25) is 0 Å². The number of carbonyl (C=O) groups is 1. The molecule has 4 aromatic rings. The number of nitrogens with zero attached hydrogens (tertiary/aromatic N) is 3. The normalized spacial score (nSPS) is 11.5. The van der Waals surface area contributed by atoms with Crippen LogP contribution in [0.2, 0.25) is 5.02 Å². The van der Waals surface area contributed by atoms with E-state index in [1.807, 2.05) is 13.2 Å². The van der Waals surface area contributed by atoms with E-state index in [-0.39, 0.29) is 16.4 Å². The largest absolute Gasteiger partial charge is 0.437 e. The maximum atomic E-state index is 13.4. The van der Waals surface area contributed by atoms with Crippen molar-refractivity contribution >= 4 is 40.0 Å². The number of amides is 2. The van der Waals surface area contributed by atoms with Gasteiger partial charge in [-0.1, -0.05) is 11.6 Å². The molecule has 2 heterocycles. The Morgan fingerprint density at radius 1 is 1.09 bits per heavy atom. The van der Waals surface area contributed by atoms with Crippen LogP contribution in [0, 0.1) is 5.82 Å². The van der Waals surface area contributed by atoms with Crippen molar-refractivity contribution in [1.29, 1.82) is 0 Å². The Balaban J connectivity index is 1.47. The molecule has 0 bridgehead atoms. The molecule has 170 valence electrons. The van der Waals surface area contributed by atoms with Crippen LogP contribution >= 0.6 is 11.6 Å². The molecule has 2 aromatic carbocycles. The summed E-state index contributed by atoms with van der Waals surface area (Å²) in [6, 6.07) is 7.48. The molecule has 0 saturated carbocycles. The summed E-state index contributed by atoms with van der Waals surface area (Å²) < 4.78 is 59.5. The molecule has 0 fully saturated rings. The third-order valence-corrected chi connectivity index (χ3v) is 4.87. The minimum absolute atomic E-state index is 0.106. The molecule has 2 amide bonds. The number of hydrogen-bond donors (Lipinski definition) is 2. The van der Waals surface area contributed by atoms with Gasteiger partial charge in [0.15, 0.2) is 0 Å². The van der Waals surface area contributed by atoms with Crippen molar-refractivity contribution in [2.45, 2.75) is 6.18 Å². The maximum absolute atomic E-state index is 13.4. The first-order chi connectivity index (χ1) is 15.6. The van der Waals surface area contributed by atoms with Crippen LogP contribution in [0.5, 0.6) is 11.6 Å². The number of fused-ring (bicyclic) bond motifs is 1. The summed E-state index contributed by atoms with van der Waals surface area (Å²) in [5.41, 5.74) is -0.193. The zero-order valence-electron chi connectivity index (χ0n) is 16.7. The Bertz CT molecular complexity index is 1360. The summed E-state index contributed by atoms with van der Waals surface area (Å²) in [7, 11) is 1.82. The van der Waals surface area contributed by atoms with Crippen molar-refractivity contribution in [3.8, 4) is 11.6 Å². The molecular weight excluding hydrogens is 466 g/mol. The van der Waals surface area contributed by atoms with Crippen LogP contribution in [-0.2, 0) is 13.2 Å². The van der Waals surface area contributed by atoms with E-state index in [1.54, 1.807) is 10.6 Å². The number of carbonyl (C=O) groups excluding carboxylic acids is 1. The van der Waals surface area contributed by atoms with E-state index in [9.17, 15) is 22.4 Å². The number of anilines is 2. The van der Waals surface area contributed by atoms with Gasteiger partial charge in [0.2, 0.25) is 5.88 Å². The highest BCUT2D eigenvalue weighted by Gasteiger charge is 2.34. The lowest BCUT2D eigenvalue weighted by Gasteiger charge is -2.13. The number of alkyl halides is 3. The molecule has 0 atom stereocenters. The molecule has 0 aliphatic rings. The molecule has 12 heteroatoms. The van der Waals surface area contributed by atoms with E-state index in [4.69, 9.17) is 16.3 Å². The van der Waals surface area contributed by atoms with Crippen molar-refractivity contribution in [2.75, 3.05) is 10.6 Å². The summed E-state index contributed by atoms with van der Waals surface area (Å²) in [5.74, 6) is -0.803. The summed E-state index contributed by atoms with van der Waals surface area (Å²) in [6.45, 7) is 0. The molecular formula is C21H14ClF4N5O2. The molecule has 0 radical (unpaired) electrons. The molecule has 0 aliphatic heterocycles. The first kappa shape index (κ1) is 22.3. The van der Waals surface area contributed by atoms with Gasteiger partial charge in [0, 0.05) is 25.0 Å². The van der Waals surface area contributed by atoms with Gasteiger partial charge in [-0.25, -0.2) is 14.2 Å². The Labute approximate surface area is 189 Å². The quantitative estimate of drug-likeness (QED) is 0.341. The van der Waals surface area contributed by atoms with E-state index in [2.05, 4.69) is 20.6 Å². The zero-order chi connectivity index (χ0) is 23.8. The van der Waals surface area contributed by atoms with Crippen LogP contribution in [0.4, 0.5) is 33.7 Å². The summed E-state index contributed by atoms with van der Waals surface area (Å²) >= 11 is 6.22. The van der Waals surface area contributed by atoms with E-state index in [0.29, 0.717) is 34.8 Å². The standard InChI is InChI=1S/C21H14ClF4N5O2/c1-31-7-6-17-18(31)19(28-10-27-17)33-12-3-5-16(14(22)9-12)30-20(32)29-11-2-4-15(23)13(8-11)21(24,25)26/h2-10H,1H3,(H2,29,30,32). The number of aromatic nitrogens is 3. The lowest BCUT2D eigenvalue weighted by molar-refractivity contribution is -0.139. The van der Waals surface area contributed by atoms with Gasteiger partial charge in [-0.15, -0.1) is 0 Å². The monoisotopic (exact) mass is 479 g/mol. The van der Waals surface area contributed by atoms with Crippen molar-refractivity contribution in [3.05, 3.63) is 71.4 Å². The fourth-order valence-electron chi connectivity index (χ4n) is 3.04. The number of rotatable bonds is 4. The van der Waals surface area contributed by atoms with Crippen molar-refractivity contribution in [2.24, 2.45) is 7.05 Å². The fraction of sp³-hybridized carbons (Fsp3) is 0.0952. The lowest BCUT2D eigenvalue weighted by atomic mass is 10.2. The van der Waals surface area contributed by atoms with Crippen LogP contribution < -0.4 is 15.4 Å². The predicted molar refractivity (Wildman–Crippen MR) is 114 cm³/mol. The number of ether oxygens (including phenoxy) is 1. The SMILES string of the molecule is Cn1ccc2ncnc(Oc3ccc(NC(=O)Nc4ccc(F)c(C(F)(F)F)c4)c(Cl)c3)c21. The maximum Gasteiger partial charge on any atom is 0.419 e. The predicted octanol–water partition coefficient (Wildman–Crippen LogP) is 6.22. The highest BCUT2D eigenvalue weighted by atomic mass is 35.5. The number of aryl methyl sites for hydroxylation is 1. The molecule has 0 saturated heterocycles. The minimum atomic E-state index is -4.90. The van der Waals surface area contributed by atoms with Gasteiger partial charge >= 0.3 is 12.2 Å². The molecule has 33 heavy (non-hydrogen) atoms. The van der Waals surface area contributed by atoms with Crippen molar-refractivity contribution in [3.63, 3.8) is 0 Å². The average Bonchev–Trinajstić information content (AvgIpc) is 3.12. The van der Waals surface area contributed by atoms with Crippen LogP contribution in [0.1, 0.15) is 5.56 Å². The van der Waals surface area contributed by atoms with E-state index in [1.165, 1.54) is 24.5 Å². The smallest absolute Gasteiger partial charge is 0.419 e. The second kappa shape index (κ2) is 8.58. The second-order valence-corrected chi connectivity index (χ2v) is 7.26.